The lowest BCUT2D eigenvalue weighted by atomic mass is 10.2. The van der Waals surface area contributed by atoms with Crippen LogP contribution in [-0.2, 0) is 10.0 Å². The first-order chi connectivity index (χ1) is 10.5. The topological polar surface area (TPSA) is 37.4 Å². The average Bonchev–Trinajstić information content (AvgIpc) is 2.52. The molecule has 0 N–H and O–H groups in total. The Kier molecular flexibility index (Phi) is 5.24. The molecule has 0 spiro atoms. The van der Waals surface area contributed by atoms with Crippen LogP contribution in [0.25, 0.3) is 0 Å². The smallest absolute Gasteiger partial charge is 0.224 e. The number of benzene rings is 2. The maximum Gasteiger partial charge on any atom is 0.270 e. The first-order valence-electron chi connectivity index (χ1n) is 7.20. The Labute approximate surface area is 132 Å². The van der Waals surface area contributed by atoms with Crippen molar-refractivity contribution in [3.63, 3.8) is 0 Å². The highest BCUT2D eigenvalue weighted by Crippen LogP contribution is 2.16. The van der Waals surface area contributed by atoms with Gasteiger partial charge in [-0.3, -0.25) is 0 Å². The highest BCUT2D eigenvalue weighted by atomic mass is 32.2. The first-order valence-corrected chi connectivity index (χ1v) is 8.64. The van der Waals surface area contributed by atoms with E-state index in [1.54, 1.807) is 24.3 Å². The van der Waals surface area contributed by atoms with Crippen molar-refractivity contribution in [2.24, 2.45) is 0 Å². The Morgan fingerprint density at radius 1 is 1.00 bits per heavy atom. The largest absolute Gasteiger partial charge is 0.270 e. The molecule has 0 amide bonds. The minimum atomic E-state index is -3.59. The van der Waals surface area contributed by atoms with Gasteiger partial charge in [-0.25, -0.2) is 12.7 Å². The van der Waals surface area contributed by atoms with E-state index in [-0.39, 0.29) is 4.90 Å². The van der Waals surface area contributed by atoms with Crippen LogP contribution in [0.1, 0.15) is 24.5 Å². The molecule has 0 aromatic heterocycles. The molecule has 2 rings (SSSR count). The summed E-state index contributed by atoms with van der Waals surface area (Å²) in [6.45, 7) is 4.23. The fourth-order valence-corrected chi connectivity index (χ4v) is 3.25. The molecule has 0 aliphatic carbocycles. The lowest BCUT2D eigenvalue weighted by Gasteiger charge is -2.17. The molecule has 2 aromatic rings. The summed E-state index contributed by atoms with van der Waals surface area (Å²) in [5.74, 6) is 2.91. The summed E-state index contributed by atoms with van der Waals surface area (Å²) >= 11 is 0. The Hall–Kier alpha value is -2.25. The summed E-state index contributed by atoms with van der Waals surface area (Å²) in [6, 6.07) is 19.0. The maximum atomic E-state index is 12.7. The third-order valence-electron chi connectivity index (χ3n) is 3.13. The predicted molar refractivity (Wildman–Crippen MR) is 88.7 cm³/mol. The van der Waals surface area contributed by atoms with Crippen molar-refractivity contribution in [1.29, 1.82) is 0 Å². The molecular formula is C18H19NO2S. The van der Waals surface area contributed by atoms with E-state index in [0.29, 0.717) is 13.0 Å². The molecule has 0 atom stereocenters. The van der Waals surface area contributed by atoms with Crippen molar-refractivity contribution in [1.82, 2.24) is 4.31 Å². The van der Waals surface area contributed by atoms with Crippen LogP contribution >= 0.6 is 0 Å². The van der Waals surface area contributed by atoms with E-state index in [0.717, 1.165) is 11.1 Å². The molecule has 0 saturated carbocycles. The number of hydrogen-bond acceptors (Lipinski definition) is 2. The zero-order chi connectivity index (χ0) is 16.0. The molecule has 2 aromatic carbocycles. The SMILES string of the molecule is CCCN(C#Cc1ccccc1)S(=O)(=O)c1ccc(C)cc1. The van der Waals surface area contributed by atoms with Crippen LogP contribution in [0.5, 0.6) is 0 Å². The van der Waals surface area contributed by atoms with Gasteiger partial charge in [-0.2, -0.15) is 0 Å². The Morgan fingerprint density at radius 3 is 2.23 bits per heavy atom. The first kappa shape index (κ1) is 16.1. The minimum absolute atomic E-state index is 0.272. The number of aryl methyl sites for hydroxylation is 1. The third-order valence-corrected chi connectivity index (χ3v) is 4.86. The van der Waals surface area contributed by atoms with Crippen LogP contribution in [-0.4, -0.2) is 19.3 Å². The highest BCUT2D eigenvalue weighted by Gasteiger charge is 2.21. The van der Waals surface area contributed by atoms with Gasteiger partial charge < -0.3 is 0 Å². The molecule has 22 heavy (non-hydrogen) atoms. The van der Waals surface area contributed by atoms with Crippen molar-refractivity contribution in [2.75, 3.05) is 6.54 Å². The van der Waals surface area contributed by atoms with Gasteiger partial charge in [-0.1, -0.05) is 42.8 Å². The van der Waals surface area contributed by atoms with Crippen LogP contribution in [0.4, 0.5) is 0 Å². The van der Waals surface area contributed by atoms with Crippen LogP contribution in [0.3, 0.4) is 0 Å². The van der Waals surface area contributed by atoms with Crippen molar-refractivity contribution in [2.45, 2.75) is 25.2 Å². The molecule has 0 aliphatic rings. The van der Waals surface area contributed by atoms with Gasteiger partial charge in [0.25, 0.3) is 10.0 Å². The van der Waals surface area contributed by atoms with E-state index in [9.17, 15) is 8.42 Å². The van der Waals surface area contributed by atoms with Gasteiger partial charge in [0.1, 0.15) is 0 Å². The van der Waals surface area contributed by atoms with E-state index in [1.807, 2.05) is 44.2 Å². The zero-order valence-corrected chi connectivity index (χ0v) is 13.6. The predicted octanol–water partition coefficient (Wildman–Crippen LogP) is 3.40. The lowest BCUT2D eigenvalue weighted by Crippen LogP contribution is -2.27. The van der Waals surface area contributed by atoms with Gasteiger partial charge in [0.2, 0.25) is 0 Å². The second-order valence-corrected chi connectivity index (χ2v) is 6.86. The van der Waals surface area contributed by atoms with E-state index in [4.69, 9.17) is 0 Å². The summed E-state index contributed by atoms with van der Waals surface area (Å²) in [5.41, 5.74) is 1.82. The van der Waals surface area contributed by atoms with Gasteiger partial charge in [-0.05, 0) is 43.5 Å². The average molecular weight is 313 g/mol. The number of rotatable bonds is 4. The summed E-state index contributed by atoms with van der Waals surface area (Å²) in [4.78, 5) is 0.272. The summed E-state index contributed by atoms with van der Waals surface area (Å²) < 4.78 is 26.6. The van der Waals surface area contributed by atoms with Gasteiger partial charge in [0.15, 0.2) is 0 Å². The molecule has 114 valence electrons. The Morgan fingerprint density at radius 2 is 1.64 bits per heavy atom. The van der Waals surface area contributed by atoms with E-state index in [1.165, 1.54) is 4.31 Å². The second-order valence-electron chi connectivity index (χ2n) is 4.99. The summed E-state index contributed by atoms with van der Waals surface area (Å²) in [5, 5.41) is 0. The van der Waals surface area contributed by atoms with E-state index in [2.05, 4.69) is 12.0 Å². The fraction of sp³-hybridized carbons (Fsp3) is 0.222. The molecule has 0 fully saturated rings. The third kappa shape index (κ3) is 3.90. The highest BCUT2D eigenvalue weighted by molar-refractivity contribution is 7.89. The molecule has 0 bridgehead atoms. The zero-order valence-electron chi connectivity index (χ0n) is 12.8. The normalized spacial score (nSPS) is 10.6. The Balaban J connectivity index is 2.35. The summed E-state index contributed by atoms with van der Waals surface area (Å²) in [7, 11) is -3.59. The molecule has 0 heterocycles. The molecule has 4 heteroatoms. The molecule has 0 saturated heterocycles. The van der Waals surface area contributed by atoms with Crippen molar-refractivity contribution in [3.05, 3.63) is 65.7 Å². The maximum absolute atomic E-state index is 12.7. The lowest BCUT2D eigenvalue weighted by molar-refractivity contribution is 0.508. The van der Waals surface area contributed by atoms with E-state index >= 15 is 0 Å². The number of hydrogen-bond donors (Lipinski definition) is 0. The molecule has 0 radical (unpaired) electrons. The van der Waals surface area contributed by atoms with Crippen molar-refractivity contribution < 1.29 is 8.42 Å². The van der Waals surface area contributed by atoms with Crippen LogP contribution in [0.2, 0.25) is 0 Å². The Bertz CT molecular complexity index is 769. The molecule has 0 unspecified atom stereocenters. The van der Waals surface area contributed by atoms with Crippen molar-refractivity contribution in [3.8, 4) is 12.0 Å². The van der Waals surface area contributed by atoms with Gasteiger partial charge >= 0.3 is 0 Å². The standard InChI is InChI=1S/C18H19NO2S/c1-3-14-19(15-13-17-7-5-4-6-8-17)22(20,21)18-11-9-16(2)10-12-18/h4-12H,3,14H2,1-2H3. The van der Waals surface area contributed by atoms with Gasteiger partial charge in [0, 0.05) is 18.2 Å². The summed E-state index contributed by atoms with van der Waals surface area (Å²) in [6.07, 6.45) is 0.703. The van der Waals surface area contributed by atoms with Crippen LogP contribution < -0.4 is 0 Å². The fourth-order valence-electron chi connectivity index (χ4n) is 1.93. The minimum Gasteiger partial charge on any atom is -0.224 e. The van der Waals surface area contributed by atoms with Crippen LogP contribution in [0, 0.1) is 18.9 Å². The molecule has 3 nitrogen and oxygen atoms in total. The van der Waals surface area contributed by atoms with Crippen LogP contribution in [0.15, 0.2) is 59.5 Å². The molecular weight excluding hydrogens is 294 g/mol. The number of nitrogens with zero attached hydrogens (tertiary/aromatic N) is 1. The van der Waals surface area contributed by atoms with E-state index < -0.39 is 10.0 Å². The van der Waals surface area contributed by atoms with Gasteiger partial charge in [0.05, 0.1) is 4.90 Å². The van der Waals surface area contributed by atoms with Gasteiger partial charge in [-0.15, -0.1) is 0 Å². The second kappa shape index (κ2) is 7.15. The quantitative estimate of drug-likeness (QED) is 0.641. The monoisotopic (exact) mass is 313 g/mol. The number of sulfonamides is 1. The molecule has 0 aliphatic heterocycles. The van der Waals surface area contributed by atoms with Crippen molar-refractivity contribution >= 4 is 10.0 Å².